The topological polar surface area (TPSA) is 55.9 Å². The molecule has 1 aromatic rings. The molecule has 0 spiro atoms. The second kappa shape index (κ2) is 11.6. The normalized spacial score (nSPS) is 17.5. The van der Waals surface area contributed by atoms with E-state index in [1.165, 1.54) is 13.0 Å². The maximum Gasteiger partial charge on any atom is 0.223 e. The molecule has 0 aliphatic carbocycles. The van der Waals surface area contributed by atoms with E-state index in [0.717, 1.165) is 58.9 Å². The quantitative estimate of drug-likeness (QED) is 0.716. The van der Waals surface area contributed by atoms with Crippen LogP contribution in [0.4, 0.5) is 10.1 Å². The maximum absolute atomic E-state index is 14.3. The van der Waals surface area contributed by atoms with Gasteiger partial charge in [-0.25, -0.2) is 4.39 Å². The third-order valence-corrected chi connectivity index (χ3v) is 5.18. The highest BCUT2D eigenvalue weighted by atomic mass is 35.5. The lowest BCUT2D eigenvalue weighted by atomic mass is 10.1. The number of amides is 1. The Hall–Kier alpha value is -1.41. The number of anilines is 1. The van der Waals surface area contributed by atoms with Crippen LogP contribution in [0.2, 0.25) is 0 Å². The number of hydrogen-bond acceptors (Lipinski definition) is 5. The molecule has 6 nitrogen and oxygen atoms in total. The minimum atomic E-state index is -0.347. The van der Waals surface area contributed by atoms with Crippen LogP contribution in [0.1, 0.15) is 23.7 Å². The SMILES string of the molecule is CC(=O)c1ccc(N2CCN(CCC(=O)N3CCNCC3)CC2)c(F)c1.Cl.Cl. The fourth-order valence-corrected chi connectivity index (χ4v) is 3.52. The predicted molar refractivity (Wildman–Crippen MR) is 114 cm³/mol. The number of Topliss-reactive ketones (excluding diaryl/α,β-unsaturated/α-hetero) is 1. The third-order valence-electron chi connectivity index (χ3n) is 5.18. The Balaban J connectivity index is 0.00000196. The van der Waals surface area contributed by atoms with Crippen LogP contribution in [0, 0.1) is 5.82 Å². The van der Waals surface area contributed by atoms with Gasteiger partial charge in [0, 0.05) is 70.9 Å². The molecule has 2 heterocycles. The monoisotopic (exact) mass is 434 g/mol. The van der Waals surface area contributed by atoms with E-state index in [0.29, 0.717) is 17.7 Å². The molecule has 0 radical (unpaired) electrons. The second-order valence-corrected chi connectivity index (χ2v) is 6.93. The molecule has 2 aliphatic rings. The molecule has 0 saturated carbocycles. The van der Waals surface area contributed by atoms with Gasteiger partial charge < -0.3 is 15.1 Å². The van der Waals surface area contributed by atoms with Gasteiger partial charge in [0.25, 0.3) is 0 Å². The maximum atomic E-state index is 14.3. The van der Waals surface area contributed by atoms with E-state index in [4.69, 9.17) is 0 Å². The number of nitrogens with zero attached hydrogens (tertiary/aromatic N) is 3. The minimum Gasteiger partial charge on any atom is -0.367 e. The molecule has 0 atom stereocenters. The molecule has 0 aromatic heterocycles. The summed E-state index contributed by atoms with van der Waals surface area (Å²) in [6.45, 7) is 8.58. The van der Waals surface area contributed by atoms with Crippen molar-refractivity contribution in [2.24, 2.45) is 0 Å². The van der Waals surface area contributed by atoms with Crippen LogP contribution in [0.5, 0.6) is 0 Å². The Kier molecular flexibility index (Phi) is 10.2. The lowest BCUT2D eigenvalue weighted by Gasteiger charge is -2.36. The standard InChI is InChI=1S/C19H27FN4O2.2ClH/c1-15(25)16-2-3-18(17(20)14-16)23-12-10-22(11-13-23)7-4-19(26)24-8-5-21-6-9-24;;/h2-3,14,21H,4-13H2,1H3;2*1H. The molecule has 9 heteroatoms. The van der Waals surface area contributed by atoms with Crippen LogP contribution in [-0.2, 0) is 4.79 Å². The van der Waals surface area contributed by atoms with Crippen molar-refractivity contribution in [3.63, 3.8) is 0 Å². The van der Waals surface area contributed by atoms with E-state index >= 15 is 0 Å². The molecule has 1 amide bonds. The summed E-state index contributed by atoms with van der Waals surface area (Å²) in [5, 5.41) is 3.25. The highest BCUT2D eigenvalue weighted by Crippen LogP contribution is 2.22. The van der Waals surface area contributed by atoms with Crippen molar-refractivity contribution in [3.05, 3.63) is 29.6 Å². The Bertz CT molecular complexity index is 663. The first-order valence-electron chi connectivity index (χ1n) is 9.31. The average molecular weight is 435 g/mol. The highest BCUT2D eigenvalue weighted by molar-refractivity contribution is 5.94. The molecular weight excluding hydrogens is 406 g/mol. The molecule has 2 fully saturated rings. The number of benzene rings is 1. The summed E-state index contributed by atoms with van der Waals surface area (Å²) >= 11 is 0. The number of piperazine rings is 2. The van der Waals surface area contributed by atoms with Crippen molar-refractivity contribution >= 4 is 42.2 Å². The van der Waals surface area contributed by atoms with Gasteiger partial charge in [0.2, 0.25) is 5.91 Å². The number of ketones is 1. The molecule has 3 rings (SSSR count). The van der Waals surface area contributed by atoms with Gasteiger partial charge >= 0.3 is 0 Å². The van der Waals surface area contributed by atoms with E-state index in [9.17, 15) is 14.0 Å². The highest BCUT2D eigenvalue weighted by Gasteiger charge is 2.22. The smallest absolute Gasteiger partial charge is 0.223 e. The first-order chi connectivity index (χ1) is 12.5. The molecule has 2 saturated heterocycles. The summed E-state index contributed by atoms with van der Waals surface area (Å²) in [7, 11) is 0. The van der Waals surface area contributed by atoms with E-state index in [1.807, 2.05) is 9.80 Å². The fraction of sp³-hybridized carbons (Fsp3) is 0.579. The van der Waals surface area contributed by atoms with Gasteiger partial charge in [-0.3, -0.25) is 14.5 Å². The average Bonchev–Trinajstić information content (AvgIpc) is 2.67. The lowest BCUT2D eigenvalue weighted by Crippen LogP contribution is -2.49. The molecule has 0 bridgehead atoms. The number of carbonyl (C=O) groups excluding carboxylic acids is 2. The van der Waals surface area contributed by atoms with Gasteiger partial charge in [-0.2, -0.15) is 0 Å². The van der Waals surface area contributed by atoms with Crippen molar-refractivity contribution in [2.45, 2.75) is 13.3 Å². The fourth-order valence-electron chi connectivity index (χ4n) is 3.52. The van der Waals surface area contributed by atoms with Crippen molar-refractivity contribution in [1.29, 1.82) is 0 Å². The number of hydrogen-bond donors (Lipinski definition) is 1. The van der Waals surface area contributed by atoms with Gasteiger partial charge in [0.05, 0.1) is 5.69 Å². The van der Waals surface area contributed by atoms with Gasteiger partial charge in [0.1, 0.15) is 5.82 Å². The van der Waals surface area contributed by atoms with E-state index in [2.05, 4.69) is 10.2 Å². The summed E-state index contributed by atoms with van der Waals surface area (Å²) < 4.78 is 14.3. The van der Waals surface area contributed by atoms with Crippen molar-refractivity contribution < 1.29 is 14.0 Å². The lowest BCUT2D eigenvalue weighted by molar-refractivity contribution is -0.132. The molecule has 1 N–H and O–H groups in total. The van der Waals surface area contributed by atoms with Gasteiger partial charge in [-0.05, 0) is 25.1 Å². The number of rotatable bonds is 5. The summed E-state index contributed by atoms with van der Waals surface area (Å²) in [6.07, 6.45) is 0.543. The van der Waals surface area contributed by atoms with Gasteiger partial charge in [-0.1, -0.05) is 0 Å². The number of nitrogens with one attached hydrogen (secondary N) is 1. The first kappa shape index (κ1) is 24.6. The number of halogens is 3. The van der Waals surface area contributed by atoms with Crippen LogP contribution in [0.25, 0.3) is 0 Å². The Morgan fingerprint density at radius 1 is 1.04 bits per heavy atom. The van der Waals surface area contributed by atoms with Crippen LogP contribution < -0.4 is 10.2 Å². The summed E-state index contributed by atoms with van der Waals surface area (Å²) in [4.78, 5) is 29.8. The Morgan fingerprint density at radius 2 is 1.68 bits per heavy atom. The first-order valence-corrected chi connectivity index (χ1v) is 9.31. The molecule has 1 aromatic carbocycles. The molecule has 28 heavy (non-hydrogen) atoms. The van der Waals surface area contributed by atoms with Gasteiger partial charge in [-0.15, -0.1) is 24.8 Å². The van der Waals surface area contributed by atoms with E-state index in [1.54, 1.807) is 12.1 Å². The van der Waals surface area contributed by atoms with Crippen molar-refractivity contribution in [1.82, 2.24) is 15.1 Å². The van der Waals surface area contributed by atoms with Crippen molar-refractivity contribution in [3.8, 4) is 0 Å². The van der Waals surface area contributed by atoms with Crippen LogP contribution in [0.3, 0.4) is 0 Å². The third kappa shape index (κ3) is 6.30. The Morgan fingerprint density at radius 3 is 2.25 bits per heavy atom. The zero-order valence-corrected chi connectivity index (χ0v) is 17.8. The van der Waals surface area contributed by atoms with Gasteiger partial charge in [0.15, 0.2) is 5.78 Å². The zero-order chi connectivity index (χ0) is 18.5. The van der Waals surface area contributed by atoms with E-state index < -0.39 is 0 Å². The molecular formula is C19H29Cl2FN4O2. The molecule has 2 aliphatic heterocycles. The molecule has 158 valence electrons. The van der Waals surface area contributed by atoms with E-state index in [-0.39, 0.29) is 42.3 Å². The summed E-state index contributed by atoms with van der Waals surface area (Å²) in [5.41, 5.74) is 0.947. The van der Waals surface area contributed by atoms with Crippen LogP contribution >= 0.6 is 24.8 Å². The summed E-state index contributed by atoms with van der Waals surface area (Å²) in [5.74, 6) is -0.255. The molecule has 0 unspecified atom stereocenters. The Labute approximate surface area is 178 Å². The second-order valence-electron chi connectivity index (χ2n) is 6.93. The predicted octanol–water partition coefficient (Wildman–Crippen LogP) is 1.82. The summed E-state index contributed by atoms with van der Waals surface area (Å²) in [6, 6.07) is 4.69. The zero-order valence-electron chi connectivity index (χ0n) is 16.2. The van der Waals surface area contributed by atoms with Crippen LogP contribution in [-0.4, -0.2) is 80.4 Å². The van der Waals surface area contributed by atoms with Crippen molar-refractivity contribution in [2.75, 3.05) is 63.8 Å². The minimum absolute atomic E-state index is 0. The van der Waals surface area contributed by atoms with Crippen LogP contribution in [0.15, 0.2) is 18.2 Å². The number of carbonyl (C=O) groups is 2. The largest absolute Gasteiger partial charge is 0.367 e.